The second-order valence-corrected chi connectivity index (χ2v) is 5.89. The van der Waals surface area contributed by atoms with E-state index < -0.39 is 10.0 Å². The van der Waals surface area contributed by atoms with Crippen LogP contribution < -0.4 is 4.72 Å². The highest BCUT2D eigenvalue weighted by atomic mass is 32.2. The van der Waals surface area contributed by atoms with Crippen LogP contribution in [0.15, 0.2) is 41.7 Å². The Hall–Kier alpha value is -2.26. The van der Waals surface area contributed by atoms with Crippen molar-refractivity contribution in [2.45, 2.75) is 11.3 Å². The minimum absolute atomic E-state index is 0.114. The maximum Gasteiger partial charge on any atom is 0.243 e. The first kappa shape index (κ1) is 12.8. The van der Waals surface area contributed by atoms with E-state index in [1.54, 1.807) is 0 Å². The van der Waals surface area contributed by atoms with Gasteiger partial charge in [-0.05, 0) is 12.1 Å². The zero-order chi connectivity index (χ0) is 14.0. The SMILES string of the molecule is O=S(=O)(NCCc1nnc2ccccn12)c1cn[nH]c1. The van der Waals surface area contributed by atoms with E-state index in [-0.39, 0.29) is 11.4 Å². The molecule has 104 valence electrons. The van der Waals surface area contributed by atoms with Gasteiger partial charge in [-0.2, -0.15) is 5.10 Å². The van der Waals surface area contributed by atoms with E-state index in [0.29, 0.717) is 12.2 Å². The molecule has 0 atom stereocenters. The zero-order valence-electron chi connectivity index (χ0n) is 10.4. The predicted molar refractivity (Wildman–Crippen MR) is 70.5 cm³/mol. The topological polar surface area (TPSA) is 105 Å². The van der Waals surface area contributed by atoms with Gasteiger partial charge < -0.3 is 0 Å². The smallest absolute Gasteiger partial charge is 0.243 e. The molecule has 0 amide bonds. The number of nitrogens with one attached hydrogen (secondary N) is 2. The van der Waals surface area contributed by atoms with Crippen molar-refractivity contribution in [2.75, 3.05) is 6.54 Å². The fraction of sp³-hybridized carbons (Fsp3) is 0.182. The van der Waals surface area contributed by atoms with E-state index in [4.69, 9.17) is 0 Å². The Labute approximate surface area is 114 Å². The summed E-state index contributed by atoms with van der Waals surface area (Å²) in [6, 6.07) is 5.58. The van der Waals surface area contributed by atoms with E-state index in [1.807, 2.05) is 28.8 Å². The summed E-state index contributed by atoms with van der Waals surface area (Å²) in [7, 11) is -3.52. The lowest BCUT2D eigenvalue weighted by Crippen LogP contribution is -2.26. The van der Waals surface area contributed by atoms with Gasteiger partial charge in [0.15, 0.2) is 5.65 Å². The molecular weight excluding hydrogens is 280 g/mol. The van der Waals surface area contributed by atoms with Crippen LogP contribution in [0.4, 0.5) is 0 Å². The number of nitrogens with zero attached hydrogens (tertiary/aromatic N) is 4. The van der Waals surface area contributed by atoms with Crippen LogP contribution in [0.1, 0.15) is 5.82 Å². The van der Waals surface area contributed by atoms with Gasteiger partial charge in [0, 0.05) is 25.4 Å². The van der Waals surface area contributed by atoms with Crippen LogP contribution in [-0.2, 0) is 16.4 Å². The van der Waals surface area contributed by atoms with Crippen molar-refractivity contribution in [2.24, 2.45) is 0 Å². The van der Waals surface area contributed by atoms with Crippen LogP contribution in [0.25, 0.3) is 5.65 Å². The van der Waals surface area contributed by atoms with Crippen LogP contribution >= 0.6 is 0 Å². The maximum atomic E-state index is 11.9. The van der Waals surface area contributed by atoms with Crippen molar-refractivity contribution in [1.29, 1.82) is 0 Å². The van der Waals surface area contributed by atoms with Gasteiger partial charge in [-0.25, -0.2) is 13.1 Å². The number of aromatic amines is 1. The summed E-state index contributed by atoms with van der Waals surface area (Å²) in [6.45, 7) is 0.239. The van der Waals surface area contributed by atoms with E-state index in [1.165, 1.54) is 12.4 Å². The van der Waals surface area contributed by atoms with Crippen molar-refractivity contribution in [1.82, 2.24) is 29.5 Å². The summed E-state index contributed by atoms with van der Waals surface area (Å²) in [6.07, 6.45) is 4.88. The Bertz CT molecular complexity index is 808. The number of hydrogen-bond acceptors (Lipinski definition) is 5. The van der Waals surface area contributed by atoms with Crippen molar-refractivity contribution in [3.05, 3.63) is 42.6 Å². The standard InChI is InChI=1S/C11H12N6O2S/c18-20(19,9-7-12-13-8-9)14-5-4-11-16-15-10-3-1-2-6-17(10)11/h1-3,6-8,14H,4-5H2,(H,12,13). The minimum atomic E-state index is -3.52. The van der Waals surface area contributed by atoms with Crippen LogP contribution in [-0.4, -0.2) is 39.8 Å². The second kappa shape index (κ2) is 5.02. The van der Waals surface area contributed by atoms with Gasteiger partial charge in [0.05, 0.1) is 6.20 Å². The van der Waals surface area contributed by atoms with Crippen molar-refractivity contribution in [3.63, 3.8) is 0 Å². The molecule has 0 aliphatic carbocycles. The van der Waals surface area contributed by atoms with Crippen LogP contribution in [0.2, 0.25) is 0 Å². The summed E-state index contributed by atoms with van der Waals surface area (Å²) >= 11 is 0. The molecule has 0 saturated heterocycles. The molecule has 8 nitrogen and oxygen atoms in total. The van der Waals surface area contributed by atoms with E-state index in [2.05, 4.69) is 25.1 Å². The fourth-order valence-electron chi connectivity index (χ4n) is 1.83. The van der Waals surface area contributed by atoms with Gasteiger partial charge in [-0.3, -0.25) is 9.50 Å². The Kier molecular flexibility index (Phi) is 3.20. The van der Waals surface area contributed by atoms with Crippen LogP contribution in [0.5, 0.6) is 0 Å². The maximum absolute atomic E-state index is 11.9. The van der Waals surface area contributed by atoms with Gasteiger partial charge in [0.2, 0.25) is 10.0 Å². The molecule has 0 unspecified atom stereocenters. The molecule has 0 fully saturated rings. The lowest BCUT2D eigenvalue weighted by atomic mass is 10.4. The molecule has 0 aliphatic rings. The van der Waals surface area contributed by atoms with Gasteiger partial charge in [0.1, 0.15) is 10.7 Å². The fourth-order valence-corrected chi connectivity index (χ4v) is 2.76. The molecule has 0 saturated carbocycles. The first-order chi connectivity index (χ1) is 9.67. The largest absolute Gasteiger partial charge is 0.286 e. The molecule has 3 rings (SSSR count). The number of pyridine rings is 1. The van der Waals surface area contributed by atoms with Crippen LogP contribution in [0, 0.1) is 0 Å². The lowest BCUT2D eigenvalue weighted by molar-refractivity contribution is 0.580. The summed E-state index contributed by atoms with van der Waals surface area (Å²) in [5.74, 6) is 0.704. The number of hydrogen-bond donors (Lipinski definition) is 2. The third kappa shape index (κ3) is 2.40. The van der Waals surface area contributed by atoms with Crippen molar-refractivity contribution < 1.29 is 8.42 Å². The molecule has 3 aromatic rings. The third-order valence-electron chi connectivity index (χ3n) is 2.81. The summed E-state index contributed by atoms with van der Waals surface area (Å²) in [5, 5.41) is 14.1. The normalized spacial score (nSPS) is 12.0. The highest BCUT2D eigenvalue weighted by molar-refractivity contribution is 7.89. The number of fused-ring (bicyclic) bond motifs is 1. The molecule has 2 N–H and O–H groups in total. The van der Waals surface area contributed by atoms with E-state index >= 15 is 0 Å². The molecule has 0 aromatic carbocycles. The molecule has 0 bridgehead atoms. The summed E-state index contributed by atoms with van der Waals surface area (Å²) in [4.78, 5) is 0.114. The lowest BCUT2D eigenvalue weighted by Gasteiger charge is -2.03. The quantitative estimate of drug-likeness (QED) is 0.687. The average molecular weight is 292 g/mol. The number of sulfonamides is 1. The Morgan fingerprint density at radius 3 is 3.00 bits per heavy atom. The Morgan fingerprint density at radius 1 is 1.30 bits per heavy atom. The Balaban J connectivity index is 1.69. The molecular formula is C11H12N6O2S. The molecule has 3 heterocycles. The molecule has 0 radical (unpaired) electrons. The molecule has 20 heavy (non-hydrogen) atoms. The van der Waals surface area contributed by atoms with Gasteiger partial charge in [0.25, 0.3) is 0 Å². The first-order valence-corrected chi connectivity index (χ1v) is 7.42. The monoisotopic (exact) mass is 292 g/mol. The number of rotatable bonds is 5. The van der Waals surface area contributed by atoms with E-state index in [0.717, 1.165) is 5.65 Å². The first-order valence-electron chi connectivity index (χ1n) is 5.94. The van der Waals surface area contributed by atoms with Crippen molar-refractivity contribution >= 4 is 15.7 Å². The molecule has 0 aliphatic heterocycles. The van der Waals surface area contributed by atoms with Crippen LogP contribution in [0.3, 0.4) is 0 Å². The highest BCUT2D eigenvalue weighted by Gasteiger charge is 2.15. The zero-order valence-corrected chi connectivity index (χ0v) is 11.2. The second-order valence-electron chi connectivity index (χ2n) is 4.13. The molecule has 9 heteroatoms. The van der Waals surface area contributed by atoms with Gasteiger partial charge in [-0.1, -0.05) is 6.07 Å². The van der Waals surface area contributed by atoms with E-state index in [9.17, 15) is 8.42 Å². The number of H-pyrrole nitrogens is 1. The average Bonchev–Trinajstić information content (AvgIpc) is 3.08. The van der Waals surface area contributed by atoms with Gasteiger partial charge in [-0.15, -0.1) is 10.2 Å². The third-order valence-corrected chi connectivity index (χ3v) is 4.24. The summed E-state index contributed by atoms with van der Waals surface area (Å²) < 4.78 is 28.1. The number of aromatic nitrogens is 5. The van der Waals surface area contributed by atoms with Crippen molar-refractivity contribution in [3.8, 4) is 0 Å². The minimum Gasteiger partial charge on any atom is -0.286 e. The van der Waals surface area contributed by atoms with Gasteiger partial charge >= 0.3 is 0 Å². The summed E-state index contributed by atoms with van der Waals surface area (Å²) in [5.41, 5.74) is 0.736. The molecule has 0 spiro atoms. The Morgan fingerprint density at radius 2 is 2.20 bits per heavy atom. The highest BCUT2D eigenvalue weighted by Crippen LogP contribution is 2.06. The predicted octanol–water partition coefficient (Wildman–Crippen LogP) is -0.0266. The molecule has 3 aromatic heterocycles.